The van der Waals surface area contributed by atoms with E-state index in [1.165, 1.54) is 0 Å². The van der Waals surface area contributed by atoms with Crippen molar-refractivity contribution in [1.29, 1.82) is 0 Å². The molecule has 54 valence electrons. The molecule has 9 heavy (non-hydrogen) atoms. The topological polar surface area (TPSA) is 26.3 Å². The number of ether oxygens (including phenoxy) is 1. The first-order valence-corrected chi connectivity index (χ1v) is 3.34. The van der Waals surface area contributed by atoms with Crippen molar-refractivity contribution in [3.63, 3.8) is 0 Å². The second-order valence-corrected chi connectivity index (χ2v) is 2.85. The normalized spacial score (nSPS) is 11.1. The summed E-state index contributed by atoms with van der Waals surface area (Å²) in [6.45, 7) is 5.65. The SMILES string of the molecule is CCC(C)(C)OC(=O)S. The molecule has 0 unspecified atom stereocenters. The fraction of sp³-hybridized carbons (Fsp3) is 0.833. The zero-order valence-electron chi connectivity index (χ0n) is 5.97. The highest BCUT2D eigenvalue weighted by Gasteiger charge is 2.17. The molecule has 0 heterocycles. The van der Waals surface area contributed by atoms with Crippen LogP contribution in [-0.4, -0.2) is 10.9 Å². The van der Waals surface area contributed by atoms with Crippen LogP contribution in [0.5, 0.6) is 0 Å². The van der Waals surface area contributed by atoms with Crippen molar-refractivity contribution in [3.05, 3.63) is 0 Å². The van der Waals surface area contributed by atoms with Gasteiger partial charge in [-0.15, -0.1) is 0 Å². The molecule has 0 atom stereocenters. The fourth-order valence-corrected chi connectivity index (χ4v) is 0.556. The summed E-state index contributed by atoms with van der Waals surface area (Å²) < 4.78 is 4.81. The zero-order chi connectivity index (χ0) is 7.49. The average Bonchev–Trinajstić information content (AvgIpc) is 1.63. The van der Waals surface area contributed by atoms with Gasteiger partial charge in [0.05, 0.1) is 0 Å². The van der Waals surface area contributed by atoms with Crippen molar-refractivity contribution < 1.29 is 9.53 Å². The van der Waals surface area contributed by atoms with Crippen LogP contribution in [0.2, 0.25) is 0 Å². The second-order valence-electron chi connectivity index (χ2n) is 2.48. The molecule has 0 bridgehead atoms. The lowest BCUT2D eigenvalue weighted by Gasteiger charge is -2.21. The summed E-state index contributed by atoms with van der Waals surface area (Å²) in [4.78, 5) is 10.3. The highest BCUT2D eigenvalue weighted by atomic mass is 32.1. The maximum absolute atomic E-state index is 10.3. The van der Waals surface area contributed by atoms with Crippen LogP contribution in [0.4, 0.5) is 4.79 Å². The Morgan fingerprint density at radius 3 is 2.22 bits per heavy atom. The molecular weight excluding hydrogens is 136 g/mol. The van der Waals surface area contributed by atoms with Crippen LogP contribution in [0.15, 0.2) is 0 Å². The van der Waals surface area contributed by atoms with Crippen LogP contribution >= 0.6 is 12.6 Å². The van der Waals surface area contributed by atoms with Crippen LogP contribution in [0.1, 0.15) is 27.2 Å². The Balaban J connectivity index is 3.71. The quantitative estimate of drug-likeness (QED) is 0.480. The lowest BCUT2D eigenvalue weighted by Crippen LogP contribution is -2.24. The third-order valence-corrected chi connectivity index (χ3v) is 1.31. The van der Waals surface area contributed by atoms with Crippen molar-refractivity contribution in [3.8, 4) is 0 Å². The Hall–Kier alpha value is -0.180. The number of rotatable bonds is 2. The number of carbonyl (C=O) groups is 1. The number of thiol groups is 1. The van der Waals surface area contributed by atoms with E-state index in [1.54, 1.807) is 0 Å². The molecule has 0 aromatic heterocycles. The van der Waals surface area contributed by atoms with Crippen molar-refractivity contribution in [2.24, 2.45) is 0 Å². The number of carbonyl (C=O) groups excluding carboxylic acids is 1. The first-order valence-electron chi connectivity index (χ1n) is 2.90. The molecule has 3 heteroatoms. The molecule has 2 nitrogen and oxygen atoms in total. The van der Waals surface area contributed by atoms with E-state index < -0.39 is 5.30 Å². The van der Waals surface area contributed by atoms with Crippen LogP contribution in [0, 0.1) is 0 Å². The summed E-state index contributed by atoms with van der Waals surface area (Å²) in [5.74, 6) is 0. The molecule has 0 aromatic rings. The molecule has 0 saturated carbocycles. The maximum atomic E-state index is 10.3. The third-order valence-electron chi connectivity index (χ3n) is 1.22. The van der Waals surface area contributed by atoms with Gasteiger partial charge in [0.2, 0.25) is 0 Å². The summed E-state index contributed by atoms with van der Waals surface area (Å²) in [5, 5.41) is -0.512. The Morgan fingerprint density at radius 1 is 1.67 bits per heavy atom. The predicted octanol–water partition coefficient (Wildman–Crippen LogP) is 2.24. The minimum absolute atomic E-state index is 0.362. The van der Waals surface area contributed by atoms with Gasteiger partial charge in [0.1, 0.15) is 5.60 Å². The summed E-state index contributed by atoms with van der Waals surface area (Å²) in [6, 6.07) is 0. The van der Waals surface area contributed by atoms with Crippen LogP contribution in [0.25, 0.3) is 0 Å². The van der Waals surface area contributed by atoms with E-state index in [1.807, 2.05) is 20.8 Å². The maximum Gasteiger partial charge on any atom is 0.364 e. The molecule has 0 rings (SSSR count). The lowest BCUT2D eigenvalue weighted by molar-refractivity contribution is 0.0559. The van der Waals surface area contributed by atoms with Gasteiger partial charge in [0.15, 0.2) is 0 Å². The molecule has 0 amide bonds. The van der Waals surface area contributed by atoms with E-state index in [4.69, 9.17) is 4.74 Å². The standard InChI is InChI=1S/C6H12O2S/c1-4-6(2,3)8-5(7)9/h4H2,1-3H3,(H,7,9). The minimum atomic E-state index is -0.512. The van der Waals surface area contributed by atoms with Gasteiger partial charge in [0, 0.05) is 0 Å². The highest BCUT2D eigenvalue weighted by molar-refractivity contribution is 7.96. The summed E-state index contributed by atoms with van der Waals surface area (Å²) in [7, 11) is 0. The molecular formula is C6H12O2S. The Morgan fingerprint density at radius 2 is 2.11 bits per heavy atom. The lowest BCUT2D eigenvalue weighted by atomic mass is 10.1. The first-order chi connectivity index (χ1) is 3.98. The first kappa shape index (κ1) is 8.82. The van der Waals surface area contributed by atoms with Gasteiger partial charge in [-0.1, -0.05) is 19.6 Å². The third kappa shape index (κ3) is 4.33. The Labute approximate surface area is 61.0 Å². The molecule has 0 aromatic carbocycles. The Bertz CT molecular complexity index is 110. The predicted molar refractivity (Wildman–Crippen MR) is 39.8 cm³/mol. The smallest absolute Gasteiger partial charge is 0.364 e. The van der Waals surface area contributed by atoms with Gasteiger partial charge >= 0.3 is 5.30 Å². The summed E-state index contributed by atoms with van der Waals surface area (Å²) >= 11 is 3.48. The summed E-state index contributed by atoms with van der Waals surface area (Å²) in [5.41, 5.74) is -0.362. The molecule has 0 saturated heterocycles. The van der Waals surface area contributed by atoms with E-state index in [9.17, 15) is 4.79 Å². The highest BCUT2D eigenvalue weighted by Crippen LogP contribution is 2.14. The zero-order valence-corrected chi connectivity index (χ0v) is 6.87. The average molecular weight is 148 g/mol. The van der Waals surface area contributed by atoms with E-state index in [0.717, 1.165) is 6.42 Å². The van der Waals surface area contributed by atoms with Crippen LogP contribution < -0.4 is 0 Å². The van der Waals surface area contributed by atoms with Crippen LogP contribution in [-0.2, 0) is 4.74 Å². The van der Waals surface area contributed by atoms with Crippen LogP contribution in [0.3, 0.4) is 0 Å². The monoisotopic (exact) mass is 148 g/mol. The second kappa shape index (κ2) is 3.11. The van der Waals surface area contributed by atoms with E-state index in [2.05, 4.69) is 12.6 Å². The van der Waals surface area contributed by atoms with E-state index in [-0.39, 0.29) is 5.60 Å². The van der Waals surface area contributed by atoms with E-state index >= 15 is 0 Å². The number of hydrogen-bond donors (Lipinski definition) is 1. The van der Waals surface area contributed by atoms with Gasteiger partial charge in [-0.3, -0.25) is 0 Å². The van der Waals surface area contributed by atoms with Gasteiger partial charge in [-0.05, 0) is 20.3 Å². The largest absolute Gasteiger partial charge is 0.452 e. The number of hydrogen-bond acceptors (Lipinski definition) is 2. The van der Waals surface area contributed by atoms with Gasteiger partial charge < -0.3 is 4.74 Å². The van der Waals surface area contributed by atoms with Crippen molar-refractivity contribution in [2.45, 2.75) is 32.8 Å². The van der Waals surface area contributed by atoms with E-state index in [0.29, 0.717) is 0 Å². The van der Waals surface area contributed by atoms with Gasteiger partial charge in [-0.25, -0.2) is 4.79 Å². The molecule has 0 fully saturated rings. The Kier molecular flexibility index (Phi) is 3.04. The van der Waals surface area contributed by atoms with Crippen molar-refractivity contribution in [2.75, 3.05) is 0 Å². The molecule has 0 spiro atoms. The van der Waals surface area contributed by atoms with Crippen molar-refractivity contribution in [1.82, 2.24) is 0 Å². The molecule has 0 radical (unpaired) electrons. The molecule has 0 aliphatic carbocycles. The van der Waals surface area contributed by atoms with Crippen molar-refractivity contribution >= 4 is 17.9 Å². The fourth-order valence-electron chi connectivity index (χ4n) is 0.309. The summed E-state index contributed by atoms with van der Waals surface area (Å²) in [6.07, 6.45) is 0.805. The van der Waals surface area contributed by atoms with Gasteiger partial charge in [0.25, 0.3) is 0 Å². The van der Waals surface area contributed by atoms with Gasteiger partial charge in [-0.2, -0.15) is 0 Å². The molecule has 0 aliphatic heterocycles. The molecule has 0 aliphatic rings. The molecule has 0 N–H and O–H groups in total. The minimum Gasteiger partial charge on any atom is -0.452 e.